The van der Waals surface area contributed by atoms with Crippen molar-refractivity contribution in [3.63, 3.8) is 0 Å². The van der Waals surface area contributed by atoms with Crippen LogP contribution in [0.3, 0.4) is 0 Å². The second-order valence-corrected chi connectivity index (χ2v) is 4.91. The number of nitrogens with one attached hydrogen (secondary N) is 1. The van der Waals surface area contributed by atoms with Gasteiger partial charge in [-0.25, -0.2) is 0 Å². The third kappa shape index (κ3) is 4.08. The van der Waals surface area contributed by atoms with Crippen LogP contribution < -0.4 is 10.1 Å². The number of rotatable bonds is 6. The Kier molecular flexibility index (Phi) is 5.16. The van der Waals surface area contributed by atoms with Crippen molar-refractivity contribution in [1.82, 2.24) is 5.32 Å². The highest BCUT2D eigenvalue weighted by molar-refractivity contribution is 5.28. The summed E-state index contributed by atoms with van der Waals surface area (Å²) in [7, 11) is 1.63. The van der Waals surface area contributed by atoms with Gasteiger partial charge in [-0.05, 0) is 30.2 Å². The topological polar surface area (TPSA) is 41.5 Å². The fraction of sp³-hybridized carbons (Fsp3) is 0.294. The van der Waals surface area contributed by atoms with Crippen LogP contribution in [0.15, 0.2) is 48.5 Å². The van der Waals surface area contributed by atoms with E-state index in [1.807, 2.05) is 30.3 Å². The summed E-state index contributed by atoms with van der Waals surface area (Å²) in [4.78, 5) is 0. The Balaban J connectivity index is 1.83. The largest absolute Gasteiger partial charge is 0.497 e. The summed E-state index contributed by atoms with van der Waals surface area (Å²) in [5.41, 5.74) is 3.37. The first kappa shape index (κ1) is 14.6. The van der Waals surface area contributed by atoms with Crippen LogP contribution in [-0.4, -0.2) is 18.8 Å². The van der Waals surface area contributed by atoms with Gasteiger partial charge in [0.2, 0.25) is 0 Å². The third-order valence-corrected chi connectivity index (χ3v) is 3.25. The van der Waals surface area contributed by atoms with Crippen LogP contribution in [0.1, 0.15) is 22.8 Å². The number of aliphatic hydroxyl groups is 1. The van der Waals surface area contributed by atoms with E-state index in [1.54, 1.807) is 7.11 Å². The summed E-state index contributed by atoms with van der Waals surface area (Å²) in [5, 5.41) is 13.4. The van der Waals surface area contributed by atoms with E-state index in [0.29, 0.717) is 6.54 Å². The lowest BCUT2D eigenvalue weighted by Crippen LogP contribution is -2.21. The van der Waals surface area contributed by atoms with Crippen molar-refractivity contribution in [2.75, 3.05) is 13.7 Å². The van der Waals surface area contributed by atoms with E-state index < -0.39 is 6.10 Å². The maximum atomic E-state index is 10.1. The van der Waals surface area contributed by atoms with Gasteiger partial charge in [-0.1, -0.05) is 42.0 Å². The van der Waals surface area contributed by atoms with Gasteiger partial charge in [0.15, 0.2) is 0 Å². The van der Waals surface area contributed by atoms with Crippen molar-refractivity contribution >= 4 is 0 Å². The first-order chi connectivity index (χ1) is 9.69. The molecule has 0 saturated carbocycles. The van der Waals surface area contributed by atoms with Gasteiger partial charge in [-0.3, -0.25) is 0 Å². The molecule has 3 nitrogen and oxygen atoms in total. The quantitative estimate of drug-likeness (QED) is 0.849. The predicted octanol–water partition coefficient (Wildman–Crippen LogP) is 2.83. The zero-order valence-electron chi connectivity index (χ0n) is 12.0. The molecule has 0 fully saturated rings. The van der Waals surface area contributed by atoms with Gasteiger partial charge in [0.25, 0.3) is 0 Å². The van der Waals surface area contributed by atoms with Gasteiger partial charge in [0, 0.05) is 13.1 Å². The summed E-state index contributed by atoms with van der Waals surface area (Å²) >= 11 is 0. The molecule has 20 heavy (non-hydrogen) atoms. The van der Waals surface area contributed by atoms with Crippen molar-refractivity contribution in [3.05, 3.63) is 65.2 Å². The smallest absolute Gasteiger partial charge is 0.118 e. The minimum absolute atomic E-state index is 0.509. The molecule has 1 atom stereocenters. The number of hydrogen-bond acceptors (Lipinski definition) is 3. The van der Waals surface area contributed by atoms with Crippen molar-refractivity contribution in [3.8, 4) is 5.75 Å². The average molecular weight is 271 g/mol. The second-order valence-electron chi connectivity index (χ2n) is 4.91. The molecule has 1 unspecified atom stereocenters. The monoisotopic (exact) mass is 271 g/mol. The minimum atomic E-state index is -0.509. The standard InChI is InChI=1S/C17H21NO2/c1-13-4-3-5-14(10-13)11-18-12-17(19)15-6-8-16(20-2)9-7-15/h3-10,17-19H,11-12H2,1-2H3. The molecular formula is C17H21NO2. The Labute approximate surface area is 120 Å². The number of aryl methyl sites for hydroxylation is 1. The maximum absolute atomic E-state index is 10.1. The van der Waals surface area contributed by atoms with E-state index >= 15 is 0 Å². The van der Waals surface area contributed by atoms with Gasteiger partial charge in [-0.15, -0.1) is 0 Å². The molecule has 0 aliphatic heterocycles. The first-order valence-corrected chi connectivity index (χ1v) is 6.77. The molecule has 2 N–H and O–H groups in total. The van der Waals surface area contributed by atoms with Gasteiger partial charge in [0.05, 0.1) is 13.2 Å². The lowest BCUT2D eigenvalue weighted by molar-refractivity contribution is 0.174. The number of ether oxygens (including phenoxy) is 1. The summed E-state index contributed by atoms with van der Waals surface area (Å²) in [6, 6.07) is 15.8. The Morgan fingerprint density at radius 2 is 1.90 bits per heavy atom. The van der Waals surface area contributed by atoms with Crippen LogP contribution in [0, 0.1) is 6.92 Å². The molecule has 0 spiro atoms. The molecule has 0 aliphatic carbocycles. The van der Waals surface area contributed by atoms with E-state index in [-0.39, 0.29) is 0 Å². The van der Waals surface area contributed by atoms with Crippen molar-refractivity contribution < 1.29 is 9.84 Å². The fourth-order valence-electron chi connectivity index (χ4n) is 2.12. The van der Waals surface area contributed by atoms with Crippen molar-refractivity contribution in [1.29, 1.82) is 0 Å². The SMILES string of the molecule is COc1ccc(C(O)CNCc2cccc(C)c2)cc1. The molecule has 2 aromatic carbocycles. The second kappa shape index (κ2) is 7.08. The molecule has 0 saturated heterocycles. The van der Waals surface area contributed by atoms with Crippen LogP contribution in [-0.2, 0) is 6.54 Å². The van der Waals surface area contributed by atoms with Crippen molar-refractivity contribution in [2.45, 2.75) is 19.6 Å². The van der Waals surface area contributed by atoms with E-state index in [1.165, 1.54) is 11.1 Å². The highest BCUT2D eigenvalue weighted by atomic mass is 16.5. The van der Waals surface area contributed by atoms with E-state index in [0.717, 1.165) is 17.9 Å². The van der Waals surface area contributed by atoms with Crippen LogP contribution >= 0.6 is 0 Å². The predicted molar refractivity (Wildman–Crippen MR) is 80.8 cm³/mol. The first-order valence-electron chi connectivity index (χ1n) is 6.77. The maximum Gasteiger partial charge on any atom is 0.118 e. The zero-order chi connectivity index (χ0) is 14.4. The molecule has 0 bridgehead atoms. The zero-order valence-corrected chi connectivity index (χ0v) is 12.0. The lowest BCUT2D eigenvalue weighted by atomic mass is 10.1. The Bertz CT molecular complexity index is 537. The van der Waals surface area contributed by atoms with Crippen LogP contribution in [0.2, 0.25) is 0 Å². The average Bonchev–Trinajstić information content (AvgIpc) is 2.47. The van der Waals surface area contributed by atoms with Gasteiger partial charge in [0.1, 0.15) is 5.75 Å². The summed E-state index contributed by atoms with van der Waals surface area (Å²) < 4.78 is 5.10. The molecule has 0 amide bonds. The molecule has 0 heterocycles. The van der Waals surface area contributed by atoms with Gasteiger partial charge in [-0.2, -0.15) is 0 Å². The highest BCUT2D eigenvalue weighted by Gasteiger charge is 2.07. The number of hydrogen-bond donors (Lipinski definition) is 2. The Hall–Kier alpha value is -1.84. The fourth-order valence-corrected chi connectivity index (χ4v) is 2.12. The molecule has 106 valence electrons. The van der Waals surface area contributed by atoms with E-state index in [9.17, 15) is 5.11 Å². The van der Waals surface area contributed by atoms with E-state index in [2.05, 4.69) is 30.4 Å². The molecule has 2 rings (SSSR count). The van der Waals surface area contributed by atoms with Crippen LogP contribution in [0.4, 0.5) is 0 Å². The highest BCUT2D eigenvalue weighted by Crippen LogP contribution is 2.17. The molecule has 0 radical (unpaired) electrons. The van der Waals surface area contributed by atoms with Crippen LogP contribution in [0.5, 0.6) is 5.75 Å². The number of aliphatic hydroxyl groups excluding tert-OH is 1. The Morgan fingerprint density at radius 3 is 2.55 bits per heavy atom. The summed E-state index contributed by atoms with van der Waals surface area (Å²) in [6.07, 6.45) is -0.509. The summed E-state index contributed by atoms with van der Waals surface area (Å²) in [6.45, 7) is 3.37. The third-order valence-electron chi connectivity index (χ3n) is 3.25. The van der Waals surface area contributed by atoms with Gasteiger partial charge >= 0.3 is 0 Å². The molecule has 3 heteroatoms. The summed E-state index contributed by atoms with van der Waals surface area (Å²) in [5.74, 6) is 0.800. The van der Waals surface area contributed by atoms with Crippen molar-refractivity contribution in [2.24, 2.45) is 0 Å². The van der Waals surface area contributed by atoms with Crippen LogP contribution in [0.25, 0.3) is 0 Å². The molecule has 0 aliphatic rings. The number of methoxy groups -OCH3 is 1. The Morgan fingerprint density at radius 1 is 1.15 bits per heavy atom. The number of benzene rings is 2. The lowest BCUT2D eigenvalue weighted by Gasteiger charge is -2.13. The van der Waals surface area contributed by atoms with E-state index in [4.69, 9.17) is 4.74 Å². The normalized spacial score (nSPS) is 12.2. The molecule has 0 aromatic heterocycles. The molecular weight excluding hydrogens is 250 g/mol. The van der Waals surface area contributed by atoms with Gasteiger partial charge < -0.3 is 15.2 Å². The molecule has 2 aromatic rings. The minimum Gasteiger partial charge on any atom is -0.497 e.